The Morgan fingerprint density at radius 2 is 1.95 bits per heavy atom. The van der Waals surface area contributed by atoms with Gasteiger partial charge in [-0.05, 0) is 48.2 Å². The first-order chi connectivity index (χ1) is 9.34. The van der Waals surface area contributed by atoms with Gasteiger partial charge in [-0.15, -0.1) is 0 Å². The predicted octanol–water partition coefficient (Wildman–Crippen LogP) is 2.65. The molecule has 0 amide bonds. The molecule has 0 bridgehead atoms. The summed E-state index contributed by atoms with van der Waals surface area (Å²) in [7, 11) is 0. The average Bonchev–Trinajstić information content (AvgIpc) is 3.11. The summed E-state index contributed by atoms with van der Waals surface area (Å²) >= 11 is 0. The number of para-hydroxylation sites is 1. The van der Waals surface area contributed by atoms with Crippen molar-refractivity contribution in [2.24, 2.45) is 5.92 Å². The molecule has 1 unspecified atom stereocenters. The molecular formula is C14H19N5. The Morgan fingerprint density at radius 1 is 1.21 bits per heavy atom. The van der Waals surface area contributed by atoms with E-state index in [9.17, 15) is 0 Å². The molecule has 1 saturated carbocycles. The second kappa shape index (κ2) is 5.38. The summed E-state index contributed by atoms with van der Waals surface area (Å²) in [6.45, 7) is 2.22. The number of nitrogens with one attached hydrogen (secondary N) is 1. The molecule has 0 spiro atoms. The smallest absolute Gasteiger partial charge is 0.247 e. The van der Waals surface area contributed by atoms with Gasteiger partial charge in [0.25, 0.3) is 0 Å². The number of hydrogen-bond donors (Lipinski definition) is 1. The van der Waals surface area contributed by atoms with Crippen LogP contribution >= 0.6 is 0 Å². The minimum Gasteiger partial charge on any atom is -0.350 e. The molecule has 5 heteroatoms. The molecule has 3 rings (SSSR count). The molecule has 2 aromatic rings. The van der Waals surface area contributed by atoms with Gasteiger partial charge in [0.05, 0.1) is 5.69 Å². The van der Waals surface area contributed by atoms with Crippen molar-refractivity contribution in [2.75, 3.05) is 5.32 Å². The number of anilines is 1. The summed E-state index contributed by atoms with van der Waals surface area (Å²) in [4.78, 5) is 0. The lowest BCUT2D eigenvalue weighted by atomic mass is 10.0. The maximum Gasteiger partial charge on any atom is 0.247 e. The van der Waals surface area contributed by atoms with Gasteiger partial charge < -0.3 is 5.32 Å². The van der Waals surface area contributed by atoms with Crippen molar-refractivity contribution >= 4 is 5.95 Å². The molecule has 0 radical (unpaired) electrons. The van der Waals surface area contributed by atoms with E-state index in [0.717, 1.165) is 17.6 Å². The Bertz CT molecular complexity index is 516. The van der Waals surface area contributed by atoms with Crippen LogP contribution < -0.4 is 5.32 Å². The summed E-state index contributed by atoms with van der Waals surface area (Å²) in [6, 6.07) is 10.4. The van der Waals surface area contributed by atoms with Gasteiger partial charge >= 0.3 is 0 Å². The third-order valence-corrected chi connectivity index (χ3v) is 3.93. The largest absolute Gasteiger partial charge is 0.350 e. The second-order valence-electron chi connectivity index (χ2n) is 5.23. The van der Waals surface area contributed by atoms with Gasteiger partial charge in [0.15, 0.2) is 0 Å². The van der Waals surface area contributed by atoms with Crippen LogP contribution in [0.5, 0.6) is 0 Å². The molecule has 1 aliphatic carbocycles. The molecular weight excluding hydrogens is 238 g/mol. The Hall–Kier alpha value is -1.91. The van der Waals surface area contributed by atoms with E-state index in [0.29, 0.717) is 6.04 Å². The van der Waals surface area contributed by atoms with Crippen LogP contribution in [0.4, 0.5) is 5.95 Å². The Labute approximate surface area is 113 Å². The first-order valence-electron chi connectivity index (χ1n) is 6.95. The van der Waals surface area contributed by atoms with Gasteiger partial charge in [0.2, 0.25) is 5.95 Å². The monoisotopic (exact) mass is 257 g/mol. The first-order valence-corrected chi connectivity index (χ1v) is 6.95. The SMILES string of the molecule is CC(Nc1nnnn1-c1ccccc1)C1CCCC1. The fourth-order valence-electron chi connectivity index (χ4n) is 2.80. The Kier molecular flexibility index (Phi) is 3.44. The molecule has 1 atom stereocenters. The van der Waals surface area contributed by atoms with Crippen LogP contribution in [0.15, 0.2) is 30.3 Å². The maximum atomic E-state index is 4.09. The van der Waals surface area contributed by atoms with Crippen LogP contribution in [-0.4, -0.2) is 26.2 Å². The van der Waals surface area contributed by atoms with Crippen molar-refractivity contribution in [3.63, 3.8) is 0 Å². The first kappa shape index (κ1) is 12.1. The number of aromatic nitrogens is 4. The molecule has 0 saturated heterocycles. The quantitative estimate of drug-likeness (QED) is 0.915. The van der Waals surface area contributed by atoms with Crippen LogP contribution in [0.2, 0.25) is 0 Å². The van der Waals surface area contributed by atoms with Crippen molar-refractivity contribution in [1.29, 1.82) is 0 Å². The zero-order valence-electron chi connectivity index (χ0n) is 11.2. The second-order valence-corrected chi connectivity index (χ2v) is 5.23. The number of tetrazole rings is 1. The van der Waals surface area contributed by atoms with Crippen molar-refractivity contribution < 1.29 is 0 Å². The number of rotatable bonds is 4. The van der Waals surface area contributed by atoms with Gasteiger partial charge in [-0.3, -0.25) is 0 Å². The van der Waals surface area contributed by atoms with Crippen LogP contribution in [-0.2, 0) is 0 Å². The number of benzene rings is 1. The summed E-state index contributed by atoms with van der Waals surface area (Å²) < 4.78 is 1.76. The number of hydrogen-bond acceptors (Lipinski definition) is 4. The van der Waals surface area contributed by atoms with Crippen molar-refractivity contribution in [2.45, 2.75) is 38.6 Å². The summed E-state index contributed by atoms with van der Waals surface area (Å²) in [5, 5.41) is 15.4. The fourth-order valence-corrected chi connectivity index (χ4v) is 2.80. The molecule has 5 nitrogen and oxygen atoms in total. The van der Waals surface area contributed by atoms with E-state index in [1.165, 1.54) is 25.7 Å². The van der Waals surface area contributed by atoms with E-state index in [-0.39, 0.29) is 0 Å². The van der Waals surface area contributed by atoms with E-state index in [1.807, 2.05) is 30.3 Å². The van der Waals surface area contributed by atoms with Gasteiger partial charge in [-0.1, -0.05) is 36.1 Å². The average molecular weight is 257 g/mol. The van der Waals surface area contributed by atoms with E-state index >= 15 is 0 Å². The van der Waals surface area contributed by atoms with Crippen LogP contribution in [0, 0.1) is 5.92 Å². The van der Waals surface area contributed by atoms with Crippen molar-refractivity contribution in [3.05, 3.63) is 30.3 Å². The van der Waals surface area contributed by atoms with E-state index < -0.39 is 0 Å². The van der Waals surface area contributed by atoms with Crippen LogP contribution in [0.3, 0.4) is 0 Å². The molecule has 100 valence electrons. The molecule has 1 aromatic carbocycles. The highest BCUT2D eigenvalue weighted by molar-refractivity contribution is 5.38. The van der Waals surface area contributed by atoms with Crippen molar-refractivity contribution in [1.82, 2.24) is 20.2 Å². The fraction of sp³-hybridized carbons (Fsp3) is 0.500. The normalized spacial score (nSPS) is 17.5. The minimum atomic E-state index is 0.413. The molecule has 1 fully saturated rings. The maximum absolute atomic E-state index is 4.09. The van der Waals surface area contributed by atoms with Gasteiger partial charge in [-0.25, -0.2) is 0 Å². The third-order valence-electron chi connectivity index (χ3n) is 3.93. The molecule has 0 aliphatic heterocycles. The zero-order valence-corrected chi connectivity index (χ0v) is 11.2. The molecule has 1 N–H and O–H groups in total. The third kappa shape index (κ3) is 2.59. The lowest BCUT2D eigenvalue weighted by molar-refractivity contribution is 0.479. The highest BCUT2D eigenvalue weighted by Gasteiger charge is 2.23. The summed E-state index contributed by atoms with van der Waals surface area (Å²) in [5.41, 5.74) is 0.980. The molecule has 1 aliphatic rings. The standard InChI is InChI=1S/C14H19N5/c1-11(12-7-5-6-8-12)15-14-16-17-18-19(14)13-9-3-2-4-10-13/h2-4,9-12H,5-8H2,1H3,(H,15,16,18). The highest BCUT2D eigenvalue weighted by atomic mass is 15.6. The van der Waals surface area contributed by atoms with E-state index in [4.69, 9.17) is 0 Å². The van der Waals surface area contributed by atoms with E-state index in [1.54, 1.807) is 4.68 Å². The summed E-state index contributed by atoms with van der Waals surface area (Å²) in [5.74, 6) is 1.46. The molecule has 1 heterocycles. The van der Waals surface area contributed by atoms with Gasteiger partial charge in [0.1, 0.15) is 0 Å². The Morgan fingerprint density at radius 3 is 2.68 bits per heavy atom. The highest BCUT2D eigenvalue weighted by Crippen LogP contribution is 2.29. The topological polar surface area (TPSA) is 55.6 Å². The van der Waals surface area contributed by atoms with Gasteiger partial charge in [-0.2, -0.15) is 4.68 Å². The van der Waals surface area contributed by atoms with Gasteiger partial charge in [0, 0.05) is 6.04 Å². The zero-order chi connectivity index (χ0) is 13.1. The molecule has 19 heavy (non-hydrogen) atoms. The number of nitrogens with zero attached hydrogens (tertiary/aromatic N) is 4. The molecule has 1 aromatic heterocycles. The predicted molar refractivity (Wildman–Crippen MR) is 74.2 cm³/mol. The van der Waals surface area contributed by atoms with E-state index in [2.05, 4.69) is 27.8 Å². The Balaban J connectivity index is 1.77. The summed E-state index contributed by atoms with van der Waals surface area (Å²) in [6.07, 6.45) is 5.31. The minimum absolute atomic E-state index is 0.413. The van der Waals surface area contributed by atoms with Crippen molar-refractivity contribution in [3.8, 4) is 5.69 Å². The van der Waals surface area contributed by atoms with Crippen LogP contribution in [0.25, 0.3) is 5.69 Å². The lowest BCUT2D eigenvalue weighted by Crippen LogP contribution is -2.25. The lowest BCUT2D eigenvalue weighted by Gasteiger charge is -2.20. The van der Waals surface area contributed by atoms with Crippen LogP contribution in [0.1, 0.15) is 32.6 Å².